The lowest BCUT2D eigenvalue weighted by molar-refractivity contribution is 0.795. The second-order valence-corrected chi connectivity index (χ2v) is 5.32. The van der Waals surface area contributed by atoms with Crippen LogP contribution in [0, 0.1) is 11.8 Å². The third-order valence-electron chi connectivity index (χ3n) is 3.22. The van der Waals surface area contributed by atoms with Crippen molar-refractivity contribution in [2.75, 3.05) is 6.54 Å². The van der Waals surface area contributed by atoms with Crippen LogP contribution in [0.25, 0.3) is 0 Å². The number of aliphatic imine (C=N–C) groups is 1. The third-order valence-corrected chi connectivity index (χ3v) is 3.22. The number of aryl methyl sites for hydroxylation is 1. The lowest BCUT2D eigenvalue weighted by atomic mass is 10.1. The zero-order valence-corrected chi connectivity index (χ0v) is 14.1. The molecule has 1 aromatic carbocycles. The summed E-state index contributed by atoms with van der Waals surface area (Å²) < 4.78 is 0. The van der Waals surface area contributed by atoms with Crippen molar-refractivity contribution in [3.63, 3.8) is 0 Å². The number of rotatable bonds is 7. The Hall–Kier alpha value is -2.07. The summed E-state index contributed by atoms with van der Waals surface area (Å²) in [4.78, 5) is 4.37. The van der Waals surface area contributed by atoms with Gasteiger partial charge in [-0.25, -0.2) is 0 Å². The summed E-state index contributed by atoms with van der Waals surface area (Å²) in [6.07, 6.45) is 12.4. The minimum atomic E-state index is 0.753. The predicted molar refractivity (Wildman–Crippen MR) is 98.5 cm³/mol. The highest BCUT2D eigenvalue weighted by Crippen LogP contribution is 2.07. The van der Waals surface area contributed by atoms with Gasteiger partial charge in [-0.05, 0) is 50.0 Å². The van der Waals surface area contributed by atoms with Crippen LogP contribution in [0.5, 0.6) is 0 Å². The Kier molecular flexibility index (Phi) is 9.46. The second-order valence-electron chi connectivity index (χ2n) is 5.32. The van der Waals surface area contributed by atoms with Gasteiger partial charge in [0.2, 0.25) is 0 Å². The summed E-state index contributed by atoms with van der Waals surface area (Å²) in [5, 5.41) is 0. The zero-order chi connectivity index (χ0) is 16.0. The molecule has 22 heavy (non-hydrogen) atoms. The molecule has 0 aromatic heterocycles. The molecule has 0 bridgehead atoms. The van der Waals surface area contributed by atoms with Gasteiger partial charge in [0.15, 0.2) is 0 Å². The maximum Gasteiger partial charge on any atom is 0.0499 e. The van der Waals surface area contributed by atoms with Gasteiger partial charge in [-0.2, -0.15) is 0 Å². The molecule has 0 saturated heterocycles. The van der Waals surface area contributed by atoms with E-state index in [4.69, 9.17) is 0 Å². The smallest absolute Gasteiger partial charge is 0.0499 e. The normalized spacial score (nSPS) is 11.9. The van der Waals surface area contributed by atoms with Crippen molar-refractivity contribution in [3.8, 4) is 11.8 Å². The van der Waals surface area contributed by atoms with Gasteiger partial charge in [0.25, 0.3) is 0 Å². The van der Waals surface area contributed by atoms with Gasteiger partial charge >= 0.3 is 0 Å². The Morgan fingerprint density at radius 2 is 2.00 bits per heavy atom. The highest BCUT2D eigenvalue weighted by molar-refractivity contribution is 5.78. The molecule has 116 valence electrons. The van der Waals surface area contributed by atoms with E-state index >= 15 is 0 Å². The van der Waals surface area contributed by atoms with E-state index in [1.807, 2.05) is 25.3 Å². The van der Waals surface area contributed by atoms with Crippen LogP contribution in [0.4, 0.5) is 0 Å². The first-order chi connectivity index (χ1) is 10.8. The fraction of sp³-hybridized carbons (Fsp3) is 0.381. The number of unbranched alkanes of at least 4 members (excludes halogenated alkanes) is 1. The molecule has 0 saturated carbocycles. The summed E-state index contributed by atoms with van der Waals surface area (Å²) in [6.45, 7) is 7.03. The fourth-order valence-corrected chi connectivity index (χ4v) is 1.92. The van der Waals surface area contributed by atoms with E-state index < -0.39 is 0 Å². The van der Waals surface area contributed by atoms with Crippen LogP contribution in [-0.2, 0) is 6.42 Å². The third kappa shape index (κ3) is 8.27. The van der Waals surface area contributed by atoms with Gasteiger partial charge in [-0.15, -0.1) is 0 Å². The van der Waals surface area contributed by atoms with Crippen LogP contribution < -0.4 is 0 Å². The highest BCUT2D eigenvalue weighted by atomic mass is 14.7. The molecular weight excluding hydrogens is 266 g/mol. The summed E-state index contributed by atoms with van der Waals surface area (Å²) in [5.74, 6) is 6.38. The number of allylic oxidation sites excluding steroid dienone is 4. The van der Waals surface area contributed by atoms with Crippen LogP contribution in [0.3, 0.4) is 0 Å². The molecule has 0 amide bonds. The van der Waals surface area contributed by atoms with Crippen molar-refractivity contribution in [1.82, 2.24) is 0 Å². The minimum Gasteiger partial charge on any atom is -0.292 e. The maximum absolute atomic E-state index is 4.37. The zero-order valence-electron chi connectivity index (χ0n) is 14.1. The van der Waals surface area contributed by atoms with Crippen molar-refractivity contribution >= 4 is 6.21 Å². The van der Waals surface area contributed by atoms with Crippen molar-refractivity contribution in [3.05, 3.63) is 59.2 Å². The molecule has 0 radical (unpaired) electrons. The van der Waals surface area contributed by atoms with Crippen molar-refractivity contribution < 1.29 is 0 Å². The van der Waals surface area contributed by atoms with Gasteiger partial charge in [0, 0.05) is 24.7 Å². The quantitative estimate of drug-likeness (QED) is 0.277. The molecule has 1 rings (SSSR count). The molecule has 0 N–H and O–H groups in total. The Morgan fingerprint density at radius 3 is 2.68 bits per heavy atom. The van der Waals surface area contributed by atoms with Crippen molar-refractivity contribution in [2.45, 2.75) is 46.5 Å². The average Bonchev–Trinajstić information content (AvgIpc) is 2.55. The number of hydrogen-bond acceptors (Lipinski definition) is 1. The van der Waals surface area contributed by atoms with E-state index in [9.17, 15) is 0 Å². The topological polar surface area (TPSA) is 12.4 Å². The molecule has 0 atom stereocenters. The van der Waals surface area contributed by atoms with Gasteiger partial charge in [0.05, 0.1) is 0 Å². The Bertz CT molecular complexity index is 562. The predicted octanol–water partition coefficient (Wildman–Crippen LogP) is 5.36. The molecule has 0 heterocycles. The molecule has 1 aromatic rings. The van der Waals surface area contributed by atoms with E-state index in [1.165, 1.54) is 24.8 Å². The van der Waals surface area contributed by atoms with Crippen LogP contribution >= 0.6 is 0 Å². The second kappa shape index (κ2) is 11.6. The van der Waals surface area contributed by atoms with Gasteiger partial charge in [0.1, 0.15) is 0 Å². The van der Waals surface area contributed by atoms with Crippen LogP contribution in [0.15, 0.2) is 53.1 Å². The Balaban J connectivity index is 2.36. The monoisotopic (exact) mass is 293 g/mol. The molecule has 1 nitrogen and oxygen atoms in total. The summed E-state index contributed by atoms with van der Waals surface area (Å²) >= 11 is 0. The number of benzene rings is 1. The Morgan fingerprint density at radius 1 is 1.23 bits per heavy atom. The molecule has 0 aliphatic rings. The summed E-state index contributed by atoms with van der Waals surface area (Å²) in [5.41, 5.74) is 3.66. The molecular formula is C21H27N. The molecule has 0 unspecified atom stereocenters. The lowest BCUT2D eigenvalue weighted by Gasteiger charge is -1.99. The van der Waals surface area contributed by atoms with Crippen LogP contribution in [0.1, 0.15) is 51.2 Å². The first kappa shape index (κ1) is 18.0. The highest BCUT2D eigenvalue weighted by Gasteiger charge is 1.92. The van der Waals surface area contributed by atoms with Gasteiger partial charge < -0.3 is 0 Å². The maximum atomic E-state index is 4.37. The van der Waals surface area contributed by atoms with Crippen molar-refractivity contribution in [2.24, 2.45) is 4.99 Å². The van der Waals surface area contributed by atoms with E-state index in [0.29, 0.717) is 0 Å². The summed E-state index contributed by atoms with van der Waals surface area (Å²) in [6, 6.07) is 8.61. The standard InChI is InChI=1S/C21H27N/c1-4-6-10-19(3)18-22-17-9-8-12-21-15-13-20(14-16-21)11-7-5-2/h4,6,10,13-16,18H,5,7,9,11,17H2,1-3H3/b6-4-,19-10-,22-18?. The molecule has 0 aliphatic heterocycles. The van der Waals surface area contributed by atoms with Crippen LogP contribution in [-0.4, -0.2) is 12.8 Å². The van der Waals surface area contributed by atoms with Gasteiger partial charge in [-0.3, -0.25) is 4.99 Å². The SMILES string of the molecule is C/C=C\C=C(\C)C=NCCC#Cc1ccc(CCCC)cc1. The molecule has 1 heteroatoms. The number of hydrogen-bond donors (Lipinski definition) is 0. The van der Waals surface area contributed by atoms with Crippen LogP contribution in [0.2, 0.25) is 0 Å². The molecule has 0 spiro atoms. The van der Waals surface area contributed by atoms with E-state index in [1.54, 1.807) is 0 Å². The molecule has 0 aliphatic carbocycles. The number of nitrogens with zero attached hydrogens (tertiary/aromatic N) is 1. The summed E-state index contributed by atoms with van der Waals surface area (Å²) in [7, 11) is 0. The van der Waals surface area contributed by atoms with Crippen molar-refractivity contribution in [1.29, 1.82) is 0 Å². The Labute approximate surface area is 135 Å². The fourth-order valence-electron chi connectivity index (χ4n) is 1.92. The van der Waals surface area contributed by atoms with E-state index in [0.717, 1.165) is 24.1 Å². The largest absolute Gasteiger partial charge is 0.292 e. The van der Waals surface area contributed by atoms with Gasteiger partial charge in [-0.1, -0.05) is 55.5 Å². The van der Waals surface area contributed by atoms with E-state index in [2.05, 4.69) is 61.0 Å². The molecule has 0 fully saturated rings. The van der Waals surface area contributed by atoms with E-state index in [-0.39, 0.29) is 0 Å². The first-order valence-corrected chi connectivity index (χ1v) is 8.13. The average molecular weight is 293 g/mol. The first-order valence-electron chi connectivity index (χ1n) is 8.13. The minimum absolute atomic E-state index is 0.753. The lowest BCUT2D eigenvalue weighted by Crippen LogP contribution is -1.85.